The molecule has 1 heterocycles. The van der Waals surface area contributed by atoms with Crippen LogP contribution in [-0.4, -0.2) is 25.3 Å². The number of ether oxygens (including phenoxy) is 1. The molecule has 1 saturated carbocycles. The van der Waals surface area contributed by atoms with Crippen molar-refractivity contribution >= 4 is 0 Å². The molecule has 0 aromatic heterocycles. The summed E-state index contributed by atoms with van der Waals surface area (Å²) in [4.78, 5) is 0. The second-order valence-electron chi connectivity index (χ2n) is 5.16. The summed E-state index contributed by atoms with van der Waals surface area (Å²) in [5.41, 5.74) is 0. The molecular formula is C13H25NO. The molecule has 2 aliphatic rings. The average Bonchev–Trinajstić information content (AvgIpc) is 2.91. The molecule has 1 saturated heterocycles. The monoisotopic (exact) mass is 211 g/mol. The lowest BCUT2D eigenvalue weighted by Gasteiger charge is -2.18. The minimum atomic E-state index is 0.552. The minimum absolute atomic E-state index is 0.552. The first-order valence-corrected chi connectivity index (χ1v) is 6.73. The van der Waals surface area contributed by atoms with Crippen LogP contribution in [0.3, 0.4) is 0 Å². The van der Waals surface area contributed by atoms with Gasteiger partial charge in [0.15, 0.2) is 0 Å². The van der Waals surface area contributed by atoms with E-state index in [0.29, 0.717) is 6.10 Å². The van der Waals surface area contributed by atoms with Crippen molar-refractivity contribution in [3.63, 3.8) is 0 Å². The third-order valence-electron chi connectivity index (χ3n) is 3.73. The van der Waals surface area contributed by atoms with E-state index in [4.69, 9.17) is 4.74 Å². The molecule has 1 aliphatic carbocycles. The van der Waals surface area contributed by atoms with E-state index in [1.54, 1.807) is 0 Å². The molecule has 0 radical (unpaired) electrons. The van der Waals surface area contributed by atoms with Gasteiger partial charge in [-0.05, 0) is 44.6 Å². The van der Waals surface area contributed by atoms with Gasteiger partial charge in [0.05, 0.1) is 6.10 Å². The third-order valence-corrected chi connectivity index (χ3v) is 3.73. The first-order valence-electron chi connectivity index (χ1n) is 6.73. The number of hydrogen-bond acceptors (Lipinski definition) is 2. The fourth-order valence-corrected chi connectivity index (χ4v) is 2.47. The van der Waals surface area contributed by atoms with Gasteiger partial charge in [0.1, 0.15) is 0 Å². The van der Waals surface area contributed by atoms with Crippen molar-refractivity contribution in [2.45, 2.75) is 64.0 Å². The van der Waals surface area contributed by atoms with E-state index in [9.17, 15) is 0 Å². The highest BCUT2D eigenvalue weighted by Gasteiger charge is 2.24. The third kappa shape index (κ3) is 4.12. The van der Waals surface area contributed by atoms with E-state index < -0.39 is 0 Å². The Kier molecular flexibility index (Phi) is 4.45. The Hall–Kier alpha value is -0.0800. The number of hydrogen-bond donors (Lipinski definition) is 1. The predicted octanol–water partition coefficient (Wildman–Crippen LogP) is 2.72. The highest BCUT2D eigenvalue weighted by molar-refractivity contribution is 4.79. The Labute approximate surface area is 93.8 Å². The maximum absolute atomic E-state index is 5.62. The van der Waals surface area contributed by atoms with Crippen LogP contribution < -0.4 is 5.32 Å². The molecule has 0 amide bonds. The molecule has 2 nitrogen and oxygen atoms in total. The van der Waals surface area contributed by atoms with Gasteiger partial charge in [-0.1, -0.05) is 19.8 Å². The molecule has 0 bridgehead atoms. The van der Waals surface area contributed by atoms with E-state index in [2.05, 4.69) is 12.2 Å². The van der Waals surface area contributed by atoms with Crippen molar-refractivity contribution in [3.8, 4) is 0 Å². The summed E-state index contributed by atoms with van der Waals surface area (Å²) in [6, 6.07) is 0.763. The van der Waals surface area contributed by atoms with Gasteiger partial charge in [0.25, 0.3) is 0 Å². The topological polar surface area (TPSA) is 21.3 Å². The van der Waals surface area contributed by atoms with Crippen LogP contribution in [0.25, 0.3) is 0 Å². The average molecular weight is 211 g/mol. The van der Waals surface area contributed by atoms with Gasteiger partial charge >= 0.3 is 0 Å². The minimum Gasteiger partial charge on any atom is -0.378 e. The fraction of sp³-hybridized carbons (Fsp3) is 1.00. The van der Waals surface area contributed by atoms with Gasteiger partial charge in [-0.15, -0.1) is 0 Å². The van der Waals surface area contributed by atoms with Crippen LogP contribution in [0.1, 0.15) is 51.9 Å². The molecule has 15 heavy (non-hydrogen) atoms. The molecule has 2 fully saturated rings. The van der Waals surface area contributed by atoms with Crippen molar-refractivity contribution in [2.75, 3.05) is 13.2 Å². The summed E-state index contributed by atoms with van der Waals surface area (Å²) in [6.45, 7) is 4.44. The standard InChI is InChI=1S/C13H25NO/c1-2-12(10-11-5-6-11)14-8-7-13-4-3-9-15-13/h11-14H,2-10H2,1H3. The summed E-state index contributed by atoms with van der Waals surface area (Å²) >= 11 is 0. The van der Waals surface area contributed by atoms with E-state index >= 15 is 0 Å². The molecule has 2 unspecified atom stereocenters. The van der Waals surface area contributed by atoms with Gasteiger partial charge in [0.2, 0.25) is 0 Å². The van der Waals surface area contributed by atoms with Crippen LogP contribution in [0.15, 0.2) is 0 Å². The molecule has 1 aliphatic heterocycles. The van der Waals surface area contributed by atoms with Crippen LogP contribution in [0.4, 0.5) is 0 Å². The molecule has 0 spiro atoms. The first kappa shape index (κ1) is 11.4. The van der Waals surface area contributed by atoms with Crippen molar-refractivity contribution in [1.82, 2.24) is 5.32 Å². The smallest absolute Gasteiger partial charge is 0.0588 e. The number of rotatable bonds is 7. The van der Waals surface area contributed by atoms with Crippen molar-refractivity contribution in [2.24, 2.45) is 5.92 Å². The van der Waals surface area contributed by atoms with E-state index in [0.717, 1.165) is 25.1 Å². The van der Waals surface area contributed by atoms with Crippen molar-refractivity contribution in [1.29, 1.82) is 0 Å². The molecule has 2 rings (SSSR count). The zero-order valence-electron chi connectivity index (χ0n) is 10.0. The SMILES string of the molecule is CCC(CC1CC1)NCCC1CCCO1. The summed E-state index contributed by atoms with van der Waals surface area (Å²) in [5.74, 6) is 1.05. The zero-order valence-corrected chi connectivity index (χ0v) is 10.0. The maximum atomic E-state index is 5.62. The van der Waals surface area contributed by atoms with Crippen LogP contribution in [0.5, 0.6) is 0 Å². The van der Waals surface area contributed by atoms with Gasteiger partial charge in [0, 0.05) is 12.6 Å². The Morgan fingerprint density at radius 3 is 2.80 bits per heavy atom. The second-order valence-corrected chi connectivity index (χ2v) is 5.16. The van der Waals surface area contributed by atoms with E-state index in [1.807, 2.05) is 0 Å². The predicted molar refractivity (Wildman–Crippen MR) is 63.0 cm³/mol. The Bertz CT molecular complexity index is 173. The highest BCUT2D eigenvalue weighted by Crippen LogP contribution is 2.34. The van der Waals surface area contributed by atoms with Gasteiger partial charge in [-0.2, -0.15) is 0 Å². The lowest BCUT2D eigenvalue weighted by Crippen LogP contribution is -2.31. The van der Waals surface area contributed by atoms with E-state index in [1.165, 1.54) is 44.9 Å². The fourth-order valence-electron chi connectivity index (χ4n) is 2.47. The summed E-state index contributed by atoms with van der Waals surface area (Å²) in [5, 5.41) is 3.69. The quantitative estimate of drug-likeness (QED) is 0.699. The molecule has 0 aromatic carbocycles. The maximum Gasteiger partial charge on any atom is 0.0588 e. The van der Waals surface area contributed by atoms with Crippen LogP contribution in [0, 0.1) is 5.92 Å². The van der Waals surface area contributed by atoms with Crippen molar-refractivity contribution in [3.05, 3.63) is 0 Å². The highest BCUT2D eigenvalue weighted by atomic mass is 16.5. The molecule has 1 N–H and O–H groups in total. The van der Waals surface area contributed by atoms with Gasteiger partial charge < -0.3 is 10.1 Å². The molecular weight excluding hydrogens is 186 g/mol. The van der Waals surface area contributed by atoms with Gasteiger partial charge in [-0.3, -0.25) is 0 Å². The Balaban J connectivity index is 1.53. The lowest BCUT2D eigenvalue weighted by molar-refractivity contribution is 0.103. The summed E-state index contributed by atoms with van der Waals surface area (Å²) < 4.78 is 5.62. The van der Waals surface area contributed by atoms with Crippen LogP contribution in [0.2, 0.25) is 0 Å². The van der Waals surface area contributed by atoms with Crippen LogP contribution in [-0.2, 0) is 4.74 Å². The molecule has 0 aromatic rings. The number of nitrogens with one attached hydrogen (secondary N) is 1. The van der Waals surface area contributed by atoms with E-state index in [-0.39, 0.29) is 0 Å². The lowest BCUT2D eigenvalue weighted by atomic mass is 10.1. The summed E-state index contributed by atoms with van der Waals surface area (Å²) in [7, 11) is 0. The molecule has 2 heteroatoms. The zero-order chi connectivity index (χ0) is 10.5. The molecule has 2 atom stereocenters. The first-order chi connectivity index (χ1) is 7.38. The Morgan fingerprint density at radius 2 is 2.20 bits per heavy atom. The van der Waals surface area contributed by atoms with Crippen LogP contribution >= 0.6 is 0 Å². The van der Waals surface area contributed by atoms with Crippen molar-refractivity contribution < 1.29 is 4.74 Å². The second kappa shape index (κ2) is 5.86. The molecule has 88 valence electrons. The largest absolute Gasteiger partial charge is 0.378 e. The Morgan fingerprint density at radius 1 is 1.33 bits per heavy atom. The summed E-state index contributed by atoms with van der Waals surface area (Å²) in [6.07, 6.45) is 9.94. The normalized spacial score (nSPS) is 28.2. The van der Waals surface area contributed by atoms with Gasteiger partial charge in [-0.25, -0.2) is 0 Å².